The number of halogens is 1. The molecule has 0 radical (unpaired) electrons. The van der Waals surface area contributed by atoms with E-state index in [1.165, 1.54) is 0 Å². The van der Waals surface area contributed by atoms with Crippen molar-refractivity contribution in [3.8, 4) is 0 Å². The monoisotopic (exact) mass is 287 g/mol. The largest absolute Gasteiger partial charge is 0.423 e. The average Bonchev–Trinajstić information content (AvgIpc) is 2.84. The molecule has 0 amide bonds. The molecular formula is C15H14ClN3O. The third kappa shape index (κ3) is 2.56. The standard InChI is InChI=1S/C15H14ClN3O/c1-19(9-10-2-4-11(16)5-3-10)15-18-13-8-12(17)6-7-14(13)20-15/h2-8H,9,17H2,1H3. The van der Waals surface area contributed by atoms with Crippen LogP contribution in [0.15, 0.2) is 46.9 Å². The normalized spacial score (nSPS) is 10.9. The Hall–Kier alpha value is -2.20. The molecule has 0 aliphatic carbocycles. The van der Waals surface area contributed by atoms with Crippen LogP contribution in [0.1, 0.15) is 5.56 Å². The molecule has 0 aliphatic rings. The summed E-state index contributed by atoms with van der Waals surface area (Å²) in [6.07, 6.45) is 0. The van der Waals surface area contributed by atoms with Crippen LogP contribution >= 0.6 is 11.6 Å². The Labute approximate surface area is 121 Å². The lowest BCUT2D eigenvalue weighted by Crippen LogP contribution is -2.16. The van der Waals surface area contributed by atoms with Gasteiger partial charge in [0.25, 0.3) is 6.01 Å². The first-order valence-electron chi connectivity index (χ1n) is 6.23. The maximum Gasteiger partial charge on any atom is 0.298 e. The highest BCUT2D eigenvalue weighted by atomic mass is 35.5. The minimum absolute atomic E-state index is 0.570. The highest BCUT2D eigenvalue weighted by Gasteiger charge is 2.11. The van der Waals surface area contributed by atoms with Gasteiger partial charge in [-0.2, -0.15) is 4.98 Å². The first-order chi connectivity index (χ1) is 9.61. The molecule has 3 aromatic rings. The molecule has 1 aromatic heterocycles. The van der Waals surface area contributed by atoms with Crippen LogP contribution in [0.5, 0.6) is 0 Å². The van der Waals surface area contributed by atoms with Crippen molar-refractivity contribution in [2.24, 2.45) is 0 Å². The Morgan fingerprint density at radius 3 is 2.70 bits per heavy atom. The van der Waals surface area contributed by atoms with Crippen LogP contribution in [-0.2, 0) is 6.54 Å². The number of hydrogen-bond donors (Lipinski definition) is 1. The van der Waals surface area contributed by atoms with Crippen LogP contribution in [-0.4, -0.2) is 12.0 Å². The summed E-state index contributed by atoms with van der Waals surface area (Å²) in [6.45, 7) is 0.694. The molecule has 2 aromatic carbocycles. The quantitative estimate of drug-likeness (QED) is 0.746. The lowest BCUT2D eigenvalue weighted by Gasteiger charge is -2.14. The first kappa shape index (κ1) is 12.8. The van der Waals surface area contributed by atoms with Crippen LogP contribution < -0.4 is 10.6 Å². The zero-order chi connectivity index (χ0) is 14.1. The van der Waals surface area contributed by atoms with Crippen LogP contribution in [0.4, 0.5) is 11.7 Å². The van der Waals surface area contributed by atoms with Crippen molar-refractivity contribution in [2.45, 2.75) is 6.54 Å². The van der Waals surface area contributed by atoms with Crippen molar-refractivity contribution in [1.29, 1.82) is 0 Å². The zero-order valence-electron chi connectivity index (χ0n) is 11.0. The van der Waals surface area contributed by atoms with Crippen molar-refractivity contribution in [1.82, 2.24) is 4.98 Å². The molecule has 4 nitrogen and oxygen atoms in total. The number of fused-ring (bicyclic) bond motifs is 1. The fourth-order valence-corrected chi connectivity index (χ4v) is 2.15. The molecule has 5 heteroatoms. The lowest BCUT2D eigenvalue weighted by atomic mass is 10.2. The van der Waals surface area contributed by atoms with Gasteiger partial charge < -0.3 is 15.1 Å². The van der Waals surface area contributed by atoms with Gasteiger partial charge in [0, 0.05) is 24.3 Å². The molecule has 0 bridgehead atoms. The number of aromatic nitrogens is 1. The van der Waals surface area contributed by atoms with Gasteiger partial charge in [-0.05, 0) is 35.9 Å². The van der Waals surface area contributed by atoms with Gasteiger partial charge in [0.2, 0.25) is 0 Å². The van der Waals surface area contributed by atoms with E-state index in [1.54, 1.807) is 12.1 Å². The average molecular weight is 288 g/mol. The maximum atomic E-state index is 5.88. The Morgan fingerprint density at radius 2 is 1.95 bits per heavy atom. The van der Waals surface area contributed by atoms with Gasteiger partial charge >= 0.3 is 0 Å². The van der Waals surface area contributed by atoms with E-state index in [0.717, 1.165) is 21.7 Å². The fraction of sp³-hybridized carbons (Fsp3) is 0.133. The van der Waals surface area contributed by atoms with E-state index in [1.807, 2.05) is 42.3 Å². The number of nitrogen functional groups attached to an aromatic ring is 1. The van der Waals surface area contributed by atoms with E-state index < -0.39 is 0 Å². The molecule has 2 N–H and O–H groups in total. The molecule has 102 valence electrons. The molecule has 0 saturated carbocycles. The van der Waals surface area contributed by atoms with Crippen molar-refractivity contribution < 1.29 is 4.42 Å². The second kappa shape index (κ2) is 5.06. The summed E-state index contributed by atoms with van der Waals surface area (Å²) in [5.41, 5.74) is 9.06. The molecular weight excluding hydrogens is 274 g/mol. The van der Waals surface area contributed by atoms with E-state index >= 15 is 0 Å². The summed E-state index contributed by atoms with van der Waals surface area (Å²) in [4.78, 5) is 6.38. The fourth-order valence-electron chi connectivity index (χ4n) is 2.03. The van der Waals surface area contributed by atoms with Crippen molar-refractivity contribution in [2.75, 3.05) is 17.7 Å². The topological polar surface area (TPSA) is 55.3 Å². The minimum Gasteiger partial charge on any atom is -0.423 e. The van der Waals surface area contributed by atoms with Crippen LogP contribution in [0.3, 0.4) is 0 Å². The minimum atomic E-state index is 0.570. The number of rotatable bonds is 3. The summed E-state index contributed by atoms with van der Waals surface area (Å²) in [5.74, 6) is 0. The number of oxazole rings is 1. The van der Waals surface area contributed by atoms with E-state index in [-0.39, 0.29) is 0 Å². The van der Waals surface area contributed by atoms with E-state index in [4.69, 9.17) is 21.8 Å². The molecule has 0 aliphatic heterocycles. The Balaban J connectivity index is 1.84. The molecule has 0 saturated heterocycles. The van der Waals surface area contributed by atoms with Gasteiger partial charge in [0.15, 0.2) is 5.58 Å². The van der Waals surface area contributed by atoms with E-state index in [2.05, 4.69) is 4.98 Å². The molecule has 1 heterocycles. The Bertz CT molecular complexity index is 736. The van der Waals surface area contributed by atoms with Gasteiger partial charge in [0.05, 0.1) is 0 Å². The van der Waals surface area contributed by atoms with Crippen molar-refractivity contribution in [3.63, 3.8) is 0 Å². The second-order valence-electron chi connectivity index (χ2n) is 4.71. The predicted molar refractivity (Wildman–Crippen MR) is 82.0 cm³/mol. The predicted octanol–water partition coefficient (Wildman–Crippen LogP) is 3.70. The van der Waals surface area contributed by atoms with Gasteiger partial charge in [-0.1, -0.05) is 23.7 Å². The molecule has 0 fully saturated rings. The van der Waals surface area contributed by atoms with Crippen LogP contribution in [0.25, 0.3) is 11.1 Å². The maximum absolute atomic E-state index is 5.88. The van der Waals surface area contributed by atoms with Gasteiger partial charge in [0.1, 0.15) is 5.52 Å². The van der Waals surface area contributed by atoms with Crippen LogP contribution in [0.2, 0.25) is 5.02 Å². The van der Waals surface area contributed by atoms with Gasteiger partial charge in [-0.15, -0.1) is 0 Å². The number of nitrogens with two attached hydrogens (primary N) is 1. The molecule has 20 heavy (non-hydrogen) atoms. The molecule has 0 atom stereocenters. The molecule has 3 rings (SSSR count). The Morgan fingerprint density at radius 1 is 1.20 bits per heavy atom. The van der Waals surface area contributed by atoms with Crippen LogP contribution in [0, 0.1) is 0 Å². The van der Waals surface area contributed by atoms with Crippen molar-refractivity contribution in [3.05, 3.63) is 53.1 Å². The second-order valence-corrected chi connectivity index (χ2v) is 5.14. The van der Waals surface area contributed by atoms with E-state index in [0.29, 0.717) is 18.2 Å². The lowest BCUT2D eigenvalue weighted by molar-refractivity contribution is 0.582. The van der Waals surface area contributed by atoms with Gasteiger partial charge in [-0.25, -0.2) is 0 Å². The number of hydrogen-bond acceptors (Lipinski definition) is 4. The number of anilines is 2. The summed E-state index contributed by atoms with van der Waals surface area (Å²) in [6, 6.07) is 13.7. The third-order valence-corrected chi connectivity index (χ3v) is 3.31. The highest BCUT2D eigenvalue weighted by Crippen LogP contribution is 2.24. The Kier molecular flexibility index (Phi) is 3.24. The number of benzene rings is 2. The van der Waals surface area contributed by atoms with E-state index in [9.17, 15) is 0 Å². The van der Waals surface area contributed by atoms with Crippen molar-refractivity contribution >= 4 is 34.4 Å². The SMILES string of the molecule is CN(Cc1ccc(Cl)cc1)c1nc2cc(N)ccc2o1. The summed E-state index contributed by atoms with van der Waals surface area (Å²) >= 11 is 5.88. The summed E-state index contributed by atoms with van der Waals surface area (Å²) < 4.78 is 5.71. The molecule has 0 unspecified atom stereocenters. The zero-order valence-corrected chi connectivity index (χ0v) is 11.8. The smallest absolute Gasteiger partial charge is 0.298 e. The van der Waals surface area contributed by atoms with Gasteiger partial charge in [-0.3, -0.25) is 0 Å². The summed E-state index contributed by atoms with van der Waals surface area (Å²) in [7, 11) is 1.93. The highest BCUT2D eigenvalue weighted by molar-refractivity contribution is 6.30. The number of nitrogens with zero attached hydrogens (tertiary/aromatic N) is 2. The molecule has 0 spiro atoms. The summed E-state index contributed by atoms with van der Waals surface area (Å²) in [5, 5.41) is 0.730. The first-order valence-corrected chi connectivity index (χ1v) is 6.61. The third-order valence-electron chi connectivity index (χ3n) is 3.06.